The van der Waals surface area contributed by atoms with E-state index in [1.807, 2.05) is 0 Å². The molecule has 3 rings (SSSR count). The predicted molar refractivity (Wildman–Crippen MR) is 80.8 cm³/mol. The van der Waals surface area contributed by atoms with E-state index in [1.165, 1.54) is 5.56 Å². The molecular formula is C17H24N2O. The molecule has 1 atom stereocenters. The van der Waals surface area contributed by atoms with Gasteiger partial charge in [-0.25, -0.2) is 0 Å². The Kier molecular flexibility index (Phi) is 4.48. The molecule has 1 unspecified atom stereocenters. The lowest BCUT2D eigenvalue weighted by atomic mass is 9.90. The van der Waals surface area contributed by atoms with Crippen LogP contribution in [-0.2, 0) is 11.2 Å². The summed E-state index contributed by atoms with van der Waals surface area (Å²) < 4.78 is 0. The van der Waals surface area contributed by atoms with Crippen LogP contribution in [0.3, 0.4) is 0 Å². The van der Waals surface area contributed by atoms with Crippen molar-refractivity contribution in [2.75, 3.05) is 19.6 Å². The summed E-state index contributed by atoms with van der Waals surface area (Å²) in [5.41, 5.74) is 1.41. The quantitative estimate of drug-likeness (QED) is 0.913. The Bertz CT molecular complexity index is 436. The molecule has 0 amide bonds. The second-order valence-corrected chi connectivity index (χ2v) is 6.06. The van der Waals surface area contributed by atoms with Gasteiger partial charge < -0.3 is 5.32 Å². The van der Waals surface area contributed by atoms with Crippen LogP contribution in [0, 0.1) is 0 Å². The number of hydrogen-bond acceptors (Lipinski definition) is 3. The SMILES string of the molecule is O=C1CCC(N2CCNCC2Cc2ccccc2)CC1. The van der Waals surface area contributed by atoms with Crippen molar-refractivity contribution in [2.45, 2.75) is 44.2 Å². The van der Waals surface area contributed by atoms with Gasteiger partial charge in [0.1, 0.15) is 5.78 Å². The molecule has 1 heterocycles. The van der Waals surface area contributed by atoms with Crippen molar-refractivity contribution in [3.05, 3.63) is 35.9 Å². The van der Waals surface area contributed by atoms with Crippen molar-refractivity contribution in [1.29, 1.82) is 0 Å². The Hall–Kier alpha value is -1.19. The fourth-order valence-electron chi connectivity index (χ4n) is 3.59. The van der Waals surface area contributed by atoms with Crippen LogP contribution >= 0.6 is 0 Å². The summed E-state index contributed by atoms with van der Waals surface area (Å²) in [4.78, 5) is 14.1. The van der Waals surface area contributed by atoms with Crippen LogP contribution in [-0.4, -0.2) is 42.4 Å². The molecule has 0 radical (unpaired) electrons. The highest BCUT2D eigenvalue weighted by Crippen LogP contribution is 2.24. The minimum Gasteiger partial charge on any atom is -0.314 e. The summed E-state index contributed by atoms with van der Waals surface area (Å²) in [5, 5.41) is 3.52. The topological polar surface area (TPSA) is 32.3 Å². The molecule has 20 heavy (non-hydrogen) atoms. The summed E-state index contributed by atoms with van der Waals surface area (Å²) in [6, 6.07) is 11.9. The van der Waals surface area contributed by atoms with Gasteiger partial charge >= 0.3 is 0 Å². The summed E-state index contributed by atoms with van der Waals surface area (Å²) in [5.74, 6) is 0.455. The molecule has 1 aliphatic carbocycles. The number of benzene rings is 1. The van der Waals surface area contributed by atoms with Crippen molar-refractivity contribution in [2.24, 2.45) is 0 Å². The number of nitrogens with one attached hydrogen (secondary N) is 1. The maximum atomic E-state index is 11.4. The van der Waals surface area contributed by atoms with Crippen LogP contribution < -0.4 is 5.32 Å². The van der Waals surface area contributed by atoms with Crippen molar-refractivity contribution < 1.29 is 4.79 Å². The van der Waals surface area contributed by atoms with Crippen molar-refractivity contribution in [1.82, 2.24) is 10.2 Å². The van der Waals surface area contributed by atoms with Crippen molar-refractivity contribution in [3.8, 4) is 0 Å². The molecule has 3 heteroatoms. The van der Waals surface area contributed by atoms with Crippen LogP contribution in [0.25, 0.3) is 0 Å². The highest BCUT2D eigenvalue weighted by atomic mass is 16.1. The smallest absolute Gasteiger partial charge is 0.133 e. The average Bonchev–Trinajstić information content (AvgIpc) is 2.50. The van der Waals surface area contributed by atoms with E-state index in [9.17, 15) is 4.79 Å². The molecule has 3 nitrogen and oxygen atoms in total. The first kappa shape index (κ1) is 13.8. The van der Waals surface area contributed by atoms with E-state index in [2.05, 4.69) is 40.5 Å². The Balaban J connectivity index is 1.66. The maximum Gasteiger partial charge on any atom is 0.133 e. The van der Waals surface area contributed by atoms with Gasteiger partial charge in [0.25, 0.3) is 0 Å². The third kappa shape index (κ3) is 3.28. The zero-order valence-electron chi connectivity index (χ0n) is 12.1. The Morgan fingerprint density at radius 2 is 1.90 bits per heavy atom. The molecule has 0 aromatic heterocycles. The molecule has 1 saturated carbocycles. The van der Waals surface area contributed by atoms with E-state index >= 15 is 0 Å². The normalized spacial score (nSPS) is 25.8. The van der Waals surface area contributed by atoms with Gasteiger partial charge in [-0.1, -0.05) is 30.3 Å². The monoisotopic (exact) mass is 272 g/mol. The van der Waals surface area contributed by atoms with E-state index in [1.54, 1.807) is 0 Å². The molecule has 0 spiro atoms. The summed E-state index contributed by atoms with van der Waals surface area (Å²) in [6.45, 7) is 3.27. The van der Waals surface area contributed by atoms with E-state index in [0.29, 0.717) is 17.9 Å². The van der Waals surface area contributed by atoms with Crippen LogP contribution in [0.1, 0.15) is 31.2 Å². The van der Waals surface area contributed by atoms with Gasteiger partial charge in [-0.15, -0.1) is 0 Å². The molecule has 1 N–H and O–H groups in total. The zero-order chi connectivity index (χ0) is 13.8. The fraction of sp³-hybridized carbons (Fsp3) is 0.588. The standard InChI is InChI=1S/C17H24N2O/c20-17-8-6-15(7-9-17)19-11-10-18-13-16(19)12-14-4-2-1-3-5-14/h1-5,15-16,18H,6-13H2. The first-order chi connectivity index (χ1) is 9.83. The fourth-order valence-corrected chi connectivity index (χ4v) is 3.59. The molecule has 108 valence electrons. The minimum atomic E-state index is 0.455. The third-order valence-electron chi connectivity index (χ3n) is 4.69. The Morgan fingerprint density at radius 3 is 2.65 bits per heavy atom. The molecule has 1 aromatic carbocycles. The molecule has 1 aromatic rings. The van der Waals surface area contributed by atoms with E-state index in [4.69, 9.17) is 0 Å². The predicted octanol–water partition coefficient (Wildman–Crippen LogP) is 2.01. The van der Waals surface area contributed by atoms with Gasteiger partial charge in [0.15, 0.2) is 0 Å². The lowest BCUT2D eigenvalue weighted by Crippen LogP contribution is -2.56. The number of carbonyl (C=O) groups is 1. The molecule has 1 saturated heterocycles. The first-order valence-corrected chi connectivity index (χ1v) is 7.85. The van der Waals surface area contributed by atoms with Crippen LogP contribution in [0.15, 0.2) is 30.3 Å². The summed E-state index contributed by atoms with van der Waals surface area (Å²) in [6.07, 6.45) is 4.80. The van der Waals surface area contributed by atoms with Crippen LogP contribution in [0.4, 0.5) is 0 Å². The van der Waals surface area contributed by atoms with Gasteiger partial charge in [-0.05, 0) is 24.8 Å². The maximum absolute atomic E-state index is 11.4. The molecule has 2 aliphatic rings. The number of carbonyl (C=O) groups excluding carboxylic acids is 1. The van der Waals surface area contributed by atoms with E-state index in [-0.39, 0.29) is 0 Å². The molecular weight excluding hydrogens is 248 g/mol. The van der Waals surface area contributed by atoms with Gasteiger partial charge in [0, 0.05) is 44.6 Å². The minimum absolute atomic E-state index is 0.455. The van der Waals surface area contributed by atoms with Gasteiger partial charge in [0.05, 0.1) is 0 Å². The Morgan fingerprint density at radius 1 is 1.15 bits per heavy atom. The number of ketones is 1. The number of piperazine rings is 1. The first-order valence-electron chi connectivity index (χ1n) is 7.85. The molecule has 2 fully saturated rings. The second kappa shape index (κ2) is 6.51. The number of hydrogen-bond donors (Lipinski definition) is 1. The highest BCUT2D eigenvalue weighted by Gasteiger charge is 2.31. The lowest BCUT2D eigenvalue weighted by molar-refractivity contribution is -0.121. The largest absolute Gasteiger partial charge is 0.314 e. The van der Waals surface area contributed by atoms with Crippen molar-refractivity contribution in [3.63, 3.8) is 0 Å². The third-order valence-corrected chi connectivity index (χ3v) is 4.69. The van der Waals surface area contributed by atoms with Gasteiger partial charge in [-0.3, -0.25) is 9.69 Å². The number of Topliss-reactive ketones (excluding diaryl/α,β-unsaturated/α-hetero) is 1. The lowest BCUT2D eigenvalue weighted by Gasteiger charge is -2.43. The molecule has 0 bridgehead atoms. The summed E-state index contributed by atoms with van der Waals surface area (Å²) >= 11 is 0. The number of nitrogens with zero attached hydrogens (tertiary/aromatic N) is 1. The number of rotatable bonds is 3. The summed E-state index contributed by atoms with van der Waals surface area (Å²) in [7, 11) is 0. The average molecular weight is 272 g/mol. The van der Waals surface area contributed by atoms with Crippen LogP contribution in [0.5, 0.6) is 0 Å². The Labute approximate surface area is 121 Å². The van der Waals surface area contributed by atoms with Gasteiger partial charge in [0.2, 0.25) is 0 Å². The zero-order valence-corrected chi connectivity index (χ0v) is 12.1. The van der Waals surface area contributed by atoms with Crippen molar-refractivity contribution >= 4 is 5.78 Å². The van der Waals surface area contributed by atoms with E-state index in [0.717, 1.165) is 51.7 Å². The highest BCUT2D eigenvalue weighted by molar-refractivity contribution is 5.79. The van der Waals surface area contributed by atoms with E-state index < -0.39 is 0 Å². The molecule has 1 aliphatic heterocycles. The van der Waals surface area contributed by atoms with Gasteiger partial charge in [-0.2, -0.15) is 0 Å². The second-order valence-electron chi connectivity index (χ2n) is 6.06. The van der Waals surface area contributed by atoms with Crippen LogP contribution in [0.2, 0.25) is 0 Å².